The van der Waals surface area contributed by atoms with E-state index in [2.05, 4.69) is 18.9 Å². The third-order valence-corrected chi connectivity index (χ3v) is 2.59. The lowest BCUT2D eigenvalue weighted by Gasteiger charge is -2.03. The Balaban J connectivity index is 2.07. The lowest BCUT2D eigenvalue weighted by molar-refractivity contribution is 0.0991. The Morgan fingerprint density at radius 2 is 2.29 bits per heavy atom. The molecule has 0 aliphatic rings. The summed E-state index contributed by atoms with van der Waals surface area (Å²) in [4.78, 5) is 11.9. The summed E-state index contributed by atoms with van der Waals surface area (Å²) in [5.74, 6) is 0.789. The molecule has 0 unspecified atom stereocenters. The molecule has 0 fully saturated rings. The Kier molecular flexibility index (Phi) is 3.13. The normalized spacial score (nSPS) is 11.1. The first kappa shape index (κ1) is 11.6. The molecule has 2 aromatic heterocycles. The molecule has 0 amide bonds. The second kappa shape index (κ2) is 4.57. The number of hydrogen-bond acceptors (Lipinski definition) is 3. The Morgan fingerprint density at radius 1 is 1.53 bits per heavy atom. The van der Waals surface area contributed by atoms with Crippen LogP contribution in [0.3, 0.4) is 0 Å². The second-order valence-corrected chi connectivity index (χ2v) is 4.43. The highest BCUT2D eigenvalue weighted by Gasteiger charge is 2.12. The number of aryl methyl sites for hydroxylation is 1. The van der Waals surface area contributed by atoms with Crippen LogP contribution < -0.4 is 0 Å². The van der Waals surface area contributed by atoms with E-state index in [1.54, 1.807) is 6.07 Å². The molecule has 0 atom stereocenters. The molecule has 4 heteroatoms. The number of hydrogen-bond donors (Lipinski definition) is 0. The first-order valence-corrected chi connectivity index (χ1v) is 5.68. The summed E-state index contributed by atoms with van der Waals surface area (Å²) in [6.45, 7) is 5.93. The molecule has 2 aromatic rings. The van der Waals surface area contributed by atoms with Gasteiger partial charge in [-0.2, -0.15) is 5.10 Å². The molecule has 0 saturated heterocycles. The Bertz CT molecular complexity index is 523. The van der Waals surface area contributed by atoms with Gasteiger partial charge < -0.3 is 4.42 Å². The van der Waals surface area contributed by atoms with Gasteiger partial charge in [-0.05, 0) is 32.9 Å². The summed E-state index contributed by atoms with van der Waals surface area (Å²) >= 11 is 0. The summed E-state index contributed by atoms with van der Waals surface area (Å²) in [5.41, 5.74) is 1.41. The van der Waals surface area contributed by atoms with Crippen molar-refractivity contribution in [1.29, 1.82) is 0 Å². The molecule has 0 bridgehead atoms. The maximum Gasteiger partial charge on any atom is 0.172 e. The van der Waals surface area contributed by atoms with Crippen molar-refractivity contribution >= 4 is 5.78 Å². The fourth-order valence-electron chi connectivity index (χ4n) is 1.62. The minimum atomic E-state index is 0.0378. The van der Waals surface area contributed by atoms with E-state index in [-0.39, 0.29) is 5.78 Å². The number of carbonyl (C=O) groups is 1. The van der Waals surface area contributed by atoms with Crippen molar-refractivity contribution in [3.63, 3.8) is 0 Å². The highest BCUT2D eigenvalue weighted by molar-refractivity contribution is 5.97. The molecular weight excluding hydrogens is 216 g/mol. The molecule has 4 nitrogen and oxygen atoms in total. The molecule has 0 aliphatic heterocycles. The largest absolute Gasteiger partial charge is 0.469 e. The van der Waals surface area contributed by atoms with E-state index in [0.29, 0.717) is 18.0 Å². The Hall–Kier alpha value is -1.84. The van der Waals surface area contributed by atoms with E-state index < -0.39 is 0 Å². The fraction of sp³-hybridized carbons (Fsp3) is 0.385. The highest BCUT2D eigenvalue weighted by Crippen LogP contribution is 2.11. The number of Topliss-reactive ketones (excluding diaryl/α,β-unsaturated/α-hetero) is 1. The molecule has 0 aliphatic carbocycles. The standard InChI is InChI=1S/C13H16N2O2/c1-9(2)15-5-4-12(14-15)7-13(16)11-6-10(3)17-8-11/h4-6,8-9H,7H2,1-3H3. The molecule has 2 heterocycles. The molecule has 0 aromatic carbocycles. The molecule has 17 heavy (non-hydrogen) atoms. The minimum absolute atomic E-state index is 0.0378. The number of furan rings is 1. The SMILES string of the molecule is Cc1cc(C(=O)Cc2ccn(C(C)C)n2)co1. The zero-order valence-corrected chi connectivity index (χ0v) is 10.3. The van der Waals surface area contributed by atoms with Gasteiger partial charge >= 0.3 is 0 Å². The van der Waals surface area contributed by atoms with Gasteiger partial charge in [0.2, 0.25) is 0 Å². The van der Waals surface area contributed by atoms with Crippen LogP contribution in [0.5, 0.6) is 0 Å². The van der Waals surface area contributed by atoms with E-state index >= 15 is 0 Å². The van der Waals surface area contributed by atoms with Crippen molar-refractivity contribution in [2.24, 2.45) is 0 Å². The van der Waals surface area contributed by atoms with Gasteiger partial charge in [0.15, 0.2) is 5.78 Å². The first-order chi connectivity index (χ1) is 8.06. The number of ketones is 1. The average molecular weight is 232 g/mol. The van der Waals surface area contributed by atoms with Gasteiger partial charge in [0.05, 0.1) is 17.7 Å². The highest BCUT2D eigenvalue weighted by atomic mass is 16.3. The molecule has 0 radical (unpaired) electrons. The predicted octanol–water partition coefficient (Wildman–Crippen LogP) is 2.79. The van der Waals surface area contributed by atoms with Gasteiger partial charge in [0.1, 0.15) is 12.0 Å². The number of nitrogens with zero attached hydrogens (tertiary/aromatic N) is 2. The van der Waals surface area contributed by atoms with Crippen molar-refractivity contribution in [2.75, 3.05) is 0 Å². The van der Waals surface area contributed by atoms with Crippen molar-refractivity contribution in [3.8, 4) is 0 Å². The summed E-state index contributed by atoms with van der Waals surface area (Å²) in [7, 11) is 0. The fourth-order valence-corrected chi connectivity index (χ4v) is 1.62. The zero-order valence-electron chi connectivity index (χ0n) is 10.3. The first-order valence-electron chi connectivity index (χ1n) is 5.68. The van der Waals surface area contributed by atoms with Crippen molar-refractivity contribution < 1.29 is 9.21 Å². The number of aromatic nitrogens is 2. The number of carbonyl (C=O) groups excluding carboxylic acids is 1. The van der Waals surface area contributed by atoms with Crippen LogP contribution in [-0.4, -0.2) is 15.6 Å². The van der Waals surface area contributed by atoms with Crippen LogP contribution in [0.4, 0.5) is 0 Å². The lowest BCUT2D eigenvalue weighted by Crippen LogP contribution is -2.05. The Labute approximate surface area is 100 Å². The third-order valence-electron chi connectivity index (χ3n) is 2.59. The van der Waals surface area contributed by atoms with Crippen molar-refractivity contribution in [2.45, 2.75) is 33.2 Å². The van der Waals surface area contributed by atoms with Crippen LogP contribution in [-0.2, 0) is 6.42 Å². The van der Waals surface area contributed by atoms with Crippen LogP contribution in [0.15, 0.2) is 29.0 Å². The van der Waals surface area contributed by atoms with Crippen LogP contribution in [0.2, 0.25) is 0 Å². The molecule has 2 rings (SSSR count). The molecule has 90 valence electrons. The maximum atomic E-state index is 11.9. The van der Waals surface area contributed by atoms with Crippen LogP contribution in [0.1, 0.15) is 41.7 Å². The van der Waals surface area contributed by atoms with Crippen LogP contribution in [0.25, 0.3) is 0 Å². The van der Waals surface area contributed by atoms with Gasteiger partial charge in [-0.25, -0.2) is 0 Å². The Morgan fingerprint density at radius 3 is 2.82 bits per heavy atom. The molecule has 0 saturated carbocycles. The van der Waals surface area contributed by atoms with Gasteiger partial charge in [0, 0.05) is 12.2 Å². The topological polar surface area (TPSA) is 48.0 Å². The van der Waals surface area contributed by atoms with Gasteiger partial charge in [-0.1, -0.05) is 0 Å². The maximum absolute atomic E-state index is 11.9. The van der Waals surface area contributed by atoms with E-state index in [1.807, 2.05) is 23.9 Å². The molecule has 0 N–H and O–H groups in total. The molecular formula is C13H16N2O2. The average Bonchev–Trinajstić information content (AvgIpc) is 2.86. The monoisotopic (exact) mass is 232 g/mol. The summed E-state index contributed by atoms with van der Waals surface area (Å²) in [6.07, 6.45) is 3.71. The van der Waals surface area contributed by atoms with Crippen molar-refractivity contribution in [3.05, 3.63) is 41.6 Å². The minimum Gasteiger partial charge on any atom is -0.469 e. The predicted molar refractivity (Wildman–Crippen MR) is 64.1 cm³/mol. The zero-order chi connectivity index (χ0) is 12.4. The third kappa shape index (κ3) is 2.64. The van der Waals surface area contributed by atoms with E-state index in [1.165, 1.54) is 6.26 Å². The summed E-state index contributed by atoms with van der Waals surface area (Å²) in [6, 6.07) is 3.95. The van der Waals surface area contributed by atoms with Gasteiger partial charge in [-0.15, -0.1) is 0 Å². The van der Waals surface area contributed by atoms with E-state index in [9.17, 15) is 4.79 Å². The van der Waals surface area contributed by atoms with Crippen LogP contribution in [0, 0.1) is 6.92 Å². The molecule has 0 spiro atoms. The quantitative estimate of drug-likeness (QED) is 0.761. The summed E-state index contributed by atoms with van der Waals surface area (Å²) < 4.78 is 6.97. The second-order valence-electron chi connectivity index (χ2n) is 4.43. The number of rotatable bonds is 4. The lowest BCUT2D eigenvalue weighted by atomic mass is 10.1. The summed E-state index contributed by atoms with van der Waals surface area (Å²) in [5, 5.41) is 4.35. The van der Waals surface area contributed by atoms with E-state index in [4.69, 9.17) is 4.42 Å². The van der Waals surface area contributed by atoms with Gasteiger partial charge in [0.25, 0.3) is 0 Å². The van der Waals surface area contributed by atoms with Crippen molar-refractivity contribution in [1.82, 2.24) is 9.78 Å². The van der Waals surface area contributed by atoms with Crippen LogP contribution >= 0.6 is 0 Å². The smallest absolute Gasteiger partial charge is 0.172 e. The van der Waals surface area contributed by atoms with Gasteiger partial charge in [-0.3, -0.25) is 9.48 Å². The van der Waals surface area contributed by atoms with E-state index in [0.717, 1.165) is 11.5 Å².